The molecule has 1 aromatic heterocycles. The third-order valence-electron chi connectivity index (χ3n) is 5.26. The predicted octanol–water partition coefficient (Wildman–Crippen LogP) is 5.60. The Morgan fingerprint density at radius 3 is 2.66 bits per heavy atom. The first kappa shape index (κ1) is 23.9. The smallest absolute Gasteiger partial charge is 0.234 e. The second-order valence-electron chi connectivity index (χ2n) is 7.98. The minimum atomic E-state index is -0.0549. The van der Waals surface area contributed by atoms with Crippen molar-refractivity contribution in [2.24, 2.45) is 0 Å². The number of thioether (sulfide) groups is 1. The van der Waals surface area contributed by atoms with Crippen molar-refractivity contribution in [3.63, 3.8) is 0 Å². The summed E-state index contributed by atoms with van der Waals surface area (Å²) in [7, 11) is 0. The normalized spacial score (nSPS) is 11.1. The van der Waals surface area contributed by atoms with Crippen LogP contribution in [0.5, 0.6) is 5.75 Å². The number of nitrogens with zero attached hydrogens (tertiary/aromatic N) is 3. The number of carbonyl (C=O) groups excluding carboxylic acids is 1. The van der Waals surface area contributed by atoms with Crippen molar-refractivity contribution in [2.45, 2.75) is 65.3 Å². The van der Waals surface area contributed by atoms with Crippen molar-refractivity contribution in [3.05, 3.63) is 65.0 Å². The maximum absolute atomic E-state index is 12.5. The number of nitrogens with one attached hydrogen (secondary N) is 1. The molecule has 0 radical (unpaired) electrons. The van der Waals surface area contributed by atoms with Gasteiger partial charge in [0.25, 0.3) is 0 Å². The number of hydrogen-bond donors (Lipinski definition) is 1. The zero-order valence-corrected chi connectivity index (χ0v) is 20.3. The van der Waals surface area contributed by atoms with Gasteiger partial charge in [0.1, 0.15) is 12.4 Å². The highest BCUT2D eigenvalue weighted by Gasteiger charge is 2.16. The molecule has 3 rings (SSSR count). The van der Waals surface area contributed by atoms with Crippen LogP contribution in [-0.4, -0.2) is 26.4 Å². The van der Waals surface area contributed by atoms with Crippen LogP contribution in [0.15, 0.2) is 47.6 Å². The lowest BCUT2D eigenvalue weighted by Crippen LogP contribution is -2.16. The summed E-state index contributed by atoms with van der Waals surface area (Å²) in [6, 6.07) is 14.2. The van der Waals surface area contributed by atoms with Gasteiger partial charge in [-0.1, -0.05) is 62.9 Å². The molecule has 0 saturated carbocycles. The van der Waals surface area contributed by atoms with Gasteiger partial charge in [0.2, 0.25) is 5.91 Å². The maximum Gasteiger partial charge on any atom is 0.234 e. The molecule has 0 atom stereocenters. The summed E-state index contributed by atoms with van der Waals surface area (Å²) in [5, 5.41) is 12.4. The summed E-state index contributed by atoms with van der Waals surface area (Å²) in [5.74, 6) is 2.22. The quantitative estimate of drug-likeness (QED) is 0.405. The fourth-order valence-corrected chi connectivity index (χ4v) is 4.32. The van der Waals surface area contributed by atoms with E-state index in [2.05, 4.69) is 61.4 Å². The van der Waals surface area contributed by atoms with E-state index in [4.69, 9.17) is 4.74 Å². The molecule has 1 heterocycles. The lowest BCUT2D eigenvalue weighted by Gasteiger charge is -2.15. The second kappa shape index (κ2) is 11.2. The molecule has 7 heteroatoms. The van der Waals surface area contributed by atoms with Gasteiger partial charge in [-0.2, -0.15) is 0 Å². The van der Waals surface area contributed by atoms with Gasteiger partial charge in [0, 0.05) is 12.2 Å². The predicted molar refractivity (Wildman–Crippen MR) is 130 cm³/mol. The van der Waals surface area contributed by atoms with Crippen LogP contribution in [0.3, 0.4) is 0 Å². The van der Waals surface area contributed by atoms with Gasteiger partial charge < -0.3 is 14.6 Å². The van der Waals surface area contributed by atoms with Crippen LogP contribution in [0.4, 0.5) is 5.69 Å². The first-order valence-electron chi connectivity index (χ1n) is 11.1. The first-order valence-corrected chi connectivity index (χ1v) is 12.1. The lowest BCUT2D eigenvalue weighted by atomic mass is 10.0. The van der Waals surface area contributed by atoms with Gasteiger partial charge in [-0.25, -0.2) is 0 Å². The average Bonchev–Trinajstić information content (AvgIpc) is 3.18. The topological polar surface area (TPSA) is 69.0 Å². The van der Waals surface area contributed by atoms with E-state index in [0.29, 0.717) is 19.1 Å². The Hall–Kier alpha value is -2.80. The van der Waals surface area contributed by atoms with E-state index in [1.807, 2.05) is 35.8 Å². The number of aryl methyl sites for hydroxylation is 2. The van der Waals surface area contributed by atoms with Crippen LogP contribution in [0.1, 0.15) is 56.1 Å². The van der Waals surface area contributed by atoms with Crippen molar-refractivity contribution in [1.29, 1.82) is 0 Å². The molecule has 0 aliphatic rings. The molecule has 32 heavy (non-hydrogen) atoms. The molecule has 3 aromatic rings. The Balaban J connectivity index is 1.64. The van der Waals surface area contributed by atoms with Crippen LogP contribution in [0, 0.1) is 6.92 Å². The third-order valence-corrected chi connectivity index (χ3v) is 6.23. The molecule has 0 bridgehead atoms. The van der Waals surface area contributed by atoms with E-state index in [0.717, 1.165) is 40.0 Å². The Kier molecular flexibility index (Phi) is 8.33. The van der Waals surface area contributed by atoms with E-state index in [1.54, 1.807) is 0 Å². The second-order valence-corrected chi connectivity index (χ2v) is 8.92. The molecule has 170 valence electrons. The Bertz CT molecular complexity index is 1060. The molecular formula is C25H32N4O2S. The van der Waals surface area contributed by atoms with Gasteiger partial charge in [0.05, 0.1) is 5.75 Å². The van der Waals surface area contributed by atoms with Gasteiger partial charge in [-0.3, -0.25) is 4.79 Å². The van der Waals surface area contributed by atoms with Crippen molar-refractivity contribution in [1.82, 2.24) is 14.8 Å². The van der Waals surface area contributed by atoms with Gasteiger partial charge in [-0.05, 0) is 55.0 Å². The molecule has 0 saturated heterocycles. The third kappa shape index (κ3) is 5.91. The molecular weight excluding hydrogens is 420 g/mol. The monoisotopic (exact) mass is 452 g/mol. The number of anilines is 1. The fraction of sp³-hybridized carbons (Fsp3) is 0.400. The largest absolute Gasteiger partial charge is 0.485 e. The zero-order chi connectivity index (χ0) is 23.1. The molecule has 0 aliphatic carbocycles. The van der Waals surface area contributed by atoms with Crippen LogP contribution in [-0.2, 0) is 24.4 Å². The van der Waals surface area contributed by atoms with E-state index < -0.39 is 0 Å². The van der Waals surface area contributed by atoms with Crippen LogP contribution in [0.25, 0.3) is 0 Å². The summed E-state index contributed by atoms with van der Waals surface area (Å²) >= 11 is 1.39. The van der Waals surface area contributed by atoms with Crippen LogP contribution >= 0.6 is 11.8 Å². The minimum absolute atomic E-state index is 0.0549. The van der Waals surface area contributed by atoms with Crippen molar-refractivity contribution < 1.29 is 9.53 Å². The maximum atomic E-state index is 12.5. The summed E-state index contributed by atoms with van der Waals surface area (Å²) in [5.41, 5.74) is 4.33. The van der Waals surface area contributed by atoms with Gasteiger partial charge in [-0.15, -0.1) is 10.2 Å². The molecule has 0 fully saturated rings. The number of para-hydroxylation sites is 1. The number of benzene rings is 2. The number of rotatable bonds is 10. The Morgan fingerprint density at radius 1 is 1.16 bits per heavy atom. The van der Waals surface area contributed by atoms with Crippen LogP contribution in [0.2, 0.25) is 0 Å². The summed E-state index contributed by atoms with van der Waals surface area (Å²) in [6.07, 6.45) is 0.872. The summed E-state index contributed by atoms with van der Waals surface area (Å²) in [6.45, 7) is 11.5. The highest BCUT2D eigenvalue weighted by molar-refractivity contribution is 7.99. The fourth-order valence-electron chi connectivity index (χ4n) is 3.50. The standard InChI is InChI=1S/C25H32N4O2S/c1-6-19-10-8-9-11-21(19)26-24(30)16-32-25-28-27-23(29(25)7-2)15-31-22-14-18(5)12-13-20(22)17(3)4/h8-14,17H,6-7,15-16H2,1-5H3,(H,26,30). The zero-order valence-electron chi connectivity index (χ0n) is 19.5. The first-order chi connectivity index (χ1) is 15.4. The van der Waals surface area contributed by atoms with E-state index in [-0.39, 0.29) is 11.7 Å². The van der Waals surface area contributed by atoms with Gasteiger partial charge >= 0.3 is 0 Å². The number of ether oxygens (including phenoxy) is 1. The van der Waals surface area contributed by atoms with Crippen molar-refractivity contribution >= 4 is 23.4 Å². The molecule has 1 N–H and O–H groups in total. The van der Waals surface area contributed by atoms with Crippen LogP contribution < -0.4 is 10.1 Å². The minimum Gasteiger partial charge on any atom is -0.485 e. The molecule has 6 nitrogen and oxygen atoms in total. The number of carbonyl (C=O) groups is 1. The van der Waals surface area contributed by atoms with Gasteiger partial charge in [0.15, 0.2) is 11.0 Å². The highest BCUT2D eigenvalue weighted by atomic mass is 32.2. The van der Waals surface area contributed by atoms with E-state index >= 15 is 0 Å². The molecule has 0 spiro atoms. The molecule has 1 amide bonds. The number of aromatic nitrogens is 3. The highest BCUT2D eigenvalue weighted by Crippen LogP contribution is 2.28. The molecule has 2 aromatic carbocycles. The Morgan fingerprint density at radius 2 is 1.94 bits per heavy atom. The number of hydrogen-bond acceptors (Lipinski definition) is 5. The Labute approximate surface area is 194 Å². The summed E-state index contributed by atoms with van der Waals surface area (Å²) < 4.78 is 8.14. The average molecular weight is 453 g/mol. The van der Waals surface area contributed by atoms with E-state index in [9.17, 15) is 4.79 Å². The summed E-state index contributed by atoms with van der Waals surface area (Å²) in [4.78, 5) is 12.5. The van der Waals surface area contributed by atoms with Crippen molar-refractivity contribution in [2.75, 3.05) is 11.1 Å². The SMILES string of the molecule is CCc1ccccc1NC(=O)CSc1nnc(COc2cc(C)ccc2C(C)C)n1CC. The molecule has 0 aliphatic heterocycles. The van der Waals surface area contributed by atoms with E-state index in [1.165, 1.54) is 17.3 Å². The van der Waals surface area contributed by atoms with Crippen molar-refractivity contribution in [3.8, 4) is 5.75 Å². The lowest BCUT2D eigenvalue weighted by molar-refractivity contribution is -0.113. The number of amides is 1. The molecule has 0 unspecified atom stereocenters.